The molecule has 30 heavy (non-hydrogen) atoms. The number of fused-ring (bicyclic) bond motifs is 1. The van der Waals surface area contributed by atoms with Crippen molar-refractivity contribution in [1.29, 1.82) is 5.26 Å². The summed E-state index contributed by atoms with van der Waals surface area (Å²) in [6, 6.07) is 22.3. The molecule has 0 bridgehead atoms. The van der Waals surface area contributed by atoms with Gasteiger partial charge in [-0.3, -0.25) is 0 Å². The number of nitrogens with zero attached hydrogens (tertiary/aromatic N) is 2. The van der Waals surface area contributed by atoms with Gasteiger partial charge in [0, 0.05) is 12.0 Å². The van der Waals surface area contributed by atoms with Crippen molar-refractivity contribution in [3.05, 3.63) is 71.2 Å². The van der Waals surface area contributed by atoms with Gasteiger partial charge in [0.1, 0.15) is 23.3 Å². The van der Waals surface area contributed by atoms with Crippen LogP contribution in [0.3, 0.4) is 0 Å². The molecule has 148 valence electrons. The van der Waals surface area contributed by atoms with Crippen molar-refractivity contribution >= 4 is 22.6 Å². The van der Waals surface area contributed by atoms with Gasteiger partial charge in [-0.25, -0.2) is 4.98 Å². The molecule has 0 spiro atoms. The average Bonchev–Trinajstić information content (AvgIpc) is 3.41. The smallest absolute Gasteiger partial charge is 0.212 e. The number of H-pyrrole nitrogens is 1. The lowest BCUT2D eigenvalue weighted by atomic mass is 10.0. The fraction of sp³-hybridized carbons (Fsp3) is 0.167. The molecule has 5 nitrogen and oxygen atoms in total. The van der Waals surface area contributed by atoms with Gasteiger partial charge in [-0.05, 0) is 17.2 Å². The van der Waals surface area contributed by atoms with Crippen molar-refractivity contribution in [2.75, 3.05) is 13.2 Å². The molecule has 1 aliphatic heterocycles. The Morgan fingerprint density at radius 2 is 1.80 bits per heavy atom. The summed E-state index contributed by atoms with van der Waals surface area (Å²) in [6.07, 6.45) is 0.735. The first-order valence-corrected chi connectivity index (χ1v) is 10.1. The van der Waals surface area contributed by atoms with Gasteiger partial charge in [0.15, 0.2) is 0 Å². The predicted molar refractivity (Wildman–Crippen MR) is 117 cm³/mol. The lowest BCUT2D eigenvalue weighted by molar-refractivity contribution is 0.138. The third kappa shape index (κ3) is 3.41. The molecule has 1 atom stereocenters. The highest BCUT2D eigenvalue weighted by Crippen LogP contribution is 2.35. The maximum atomic E-state index is 9.72. The molecule has 5 rings (SSSR count). The quantitative estimate of drug-likeness (QED) is 0.471. The molecule has 3 heterocycles. The lowest BCUT2D eigenvalue weighted by Crippen LogP contribution is -2.16. The van der Waals surface area contributed by atoms with Gasteiger partial charge in [-0.2, -0.15) is 5.26 Å². The molecule has 0 unspecified atom stereocenters. The second kappa shape index (κ2) is 7.83. The minimum atomic E-state index is -0.0642. The van der Waals surface area contributed by atoms with E-state index < -0.39 is 0 Å². The zero-order chi connectivity index (χ0) is 20.5. The number of aromatic nitrogens is 2. The van der Waals surface area contributed by atoms with E-state index in [-0.39, 0.29) is 6.10 Å². The van der Waals surface area contributed by atoms with Crippen LogP contribution in [-0.2, 0) is 4.74 Å². The van der Waals surface area contributed by atoms with Gasteiger partial charge >= 0.3 is 0 Å². The summed E-state index contributed by atoms with van der Waals surface area (Å²) in [6.45, 7) is 1.19. The van der Waals surface area contributed by atoms with Crippen LogP contribution in [0.25, 0.3) is 33.4 Å². The molecule has 1 N–H and O–H groups in total. The third-order valence-corrected chi connectivity index (χ3v) is 5.53. The molecular formula is C24H18ClN3O2. The minimum Gasteiger partial charge on any atom is -0.472 e. The second-order valence-corrected chi connectivity index (χ2v) is 7.61. The van der Waals surface area contributed by atoms with E-state index in [2.05, 4.69) is 23.2 Å². The molecule has 1 fully saturated rings. The highest BCUT2D eigenvalue weighted by molar-refractivity contribution is 6.33. The molecule has 1 saturated heterocycles. The number of aromatic amines is 1. The summed E-state index contributed by atoms with van der Waals surface area (Å²) in [5.41, 5.74) is 5.40. The first-order chi connectivity index (χ1) is 14.7. The Bertz CT molecular complexity index is 1240. The third-order valence-electron chi connectivity index (χ3n) is 5.24. The van der Waals surface area contributed by atoms with Crippen LogP contribution in [-0.4, -0.2) is 29.3 Å². The highest BCUT2D eigenvalue weighted by Gasteiger charge is 2.23. The van der Waals surface area contributed by atoms with Crippen molar-refractivity contribution in [2.24, 2.45) is 0 Å². The molecule has 0 amide bonds. The normalized spacial score (nSPS) is 15.9. The first-order valence-electron chi connectivity index (χ1n) is 9.75. The van der Waals surface area contributed by atoms with Crippen LogP contribution in [0.2, 0.25) is 5.02 Å². The van der Waals surface area contributed by atoms with Crippen molar-refractivity contribution in [2.45, 2.75) is 12.5 Å². The van der Waals surface area contributed by atoms with Crippen LogP contribution in [0, 0.1) is 11.3 Å². The largest absolute Gasteiger partial charge is 0.472 e. The fourth-order valence-corrected chi connectivity index (χ4v) is 3.95. The summed E-state index contributed by atoms with van der Waals surface area (Å²) in [4.78, 5) is 7.86. The number of hydrogen-bond donors (Lipinski definition) is 1. The van der Waals surface area contributed by atoms with E-state index in [9.17, 15) is 5.26 Å². The van der Waals surface area contributed by atoms with Gasteiger partial charge < -0.3 is 14.5 Å². The first kappa shape index (κ1) is 18.7. The van der Waals surface area contributed by atoms with Gasteiger partial charge in [0.25, 0.3) is 0 Å². The Morgan fingerprint density at radius 3 is 2.50 bits per heavy atom. The lowest BCUT2D eigenvalue weighted by Gasteiger charge is -2.09. The molecular weight excluding hydrogens is 398 g/mol. The molecule has 6 heteroatoms. The minimum absolute atomic E-state index is 0.0642. The van der Waals surface area contributed by atoms with Crippen molar-refractivity contribution in [3.8, 4) is 34.3 Å². The topological polar surface area (TPSA) is 70.9 Å². The van der Waals surface area contributed by atoms with Crippen LogP contribution in [0.5, 0.6) is 5.88 Å². The number of nitrogens with one attached hydrogen (secondary N) is 1. The van der Waals surface area contributed by atoms with E-state index in [1.165, 1.54) is 0 Å². The number of hydrogen-bond acceptors (Lipinski definition) is 4. The van der Waals surface area contributed by atoms with Crippen molar-refractivity contribution < 1.29 is 9.47 Å². The Hall–Kier alpha value is -3.33. The Kier molecular flexibility index (Phi) is 4.88. The van der Waals surface area contributed by atoms with Crippen LogP contribution >= 0.6 is 11.6 Å². The highest BCUT2D eigenvalue weighted by atomic mass is 35.5. The van der Waals surface area contributed by atoms with Crippen LogP contribution in [0.1, 0.15) is 12.0 Å². The van der Waals surface area contributed by atoms with E-state index in [1.54, 1.807) is 6.07 Å². The number of benzene rings is 2. The molecule has 0 saturated carbocycles. The summed E-state index contributed by atoms with van der Waals surface area (Å²) < 4.78 is 11.3. The maximum Gasteiger partial charge on any atom is 0.212 e. The van der Waals surface area contributed by atoms with Gasteiger partial charge in [-0.15, -0.1) is 0 Å². The molecule has 0 radical (unpaired) electrons. The van der Waals surface area contributed by atoms with Crippen LogP contribution < -0.4 is 4.74 Å². The Morgan fingerprint density at radius 1 is 1.07 bits per heavy atom. The molecule has 1 aliphatic rings. The van der Waals surface area contributed by atoms with Crippen molar-refractivity contribution in [3.63, 3.8) is 0 Å². The molecule has 0 aliphatic carbocycles. The second-order valence-electron chi connectivity index (χ2n) is 7.20. The molecule has 2 aromatic carbocycles. The standard InChI is InChI=1S/C24H18ClN3O2/c25-20-12-21-23(19(13-26)24(27-21)30-18-10-11-29-14-18)28-22(20)17-8-6-16(7-9-17)15-4-2-1-3-5-15/h1-9,12,18,27H,10-11,14H2/t18-/m0/s1. The number of nitriles is 1. The number of pyridine rings is 1. The Balaban J connectivity index is 1.53. The summed E-state index contributed by atoms with van der Waals surface area (Å²) >= 11 is 6.54. The fourth-order valence-electron chi connectivity index (χ4n) is 3.69. The van der Waals surface area contributed by atoms with E-state index in [0.717, 1.165) is 23.1 Å². The zero-order valence-corrected chi connectivity index (χ0v) is 16.8. The SMILES string of the molecule is N#Cc1c(O[C@H]2CCOC2)[nH]c2cc(Cl)c(-c3ccc(-c4ccccc4)cc3)nc12. The average molecular weight is 416 g/mol. The number of halogens is 1. The molecule has 4 aromatic rings. The number of ether oxygens (including phenoxy) is 2. The van der Waals surface area contributed by atoms with Crippen molar-refractivity contribution in [1.82, 2.24) is 9.97 Å². The van der Waals surface area contributed by atoms with E-state index in [1.807, 2.05) is 42.5 Å². The van der Waals surface area contributed by atoms with E-state index in [4.69, 9.17) is 26.1 Å². The van der Waals surface area contributed by atoms with E-state index in [0.29, 0.717) is 46.4 Å². The van der Waals surface area contributed by atoms with Gasteiger partial charge in [0.2, 0.25) is 5.88 Å². The number of rotatable bonds is 4. The predicted octanol–water partition coefficient (Wildman–Crippen LogP) is 5.59. The summed E-state index contributed by atoms with van der Waals surface area (Å²) in [7, 11) is 0. The zero-order valence-electron chi connectivity index (χ0n) is 16.1. The molecule has 2 aromatic heterocycles. The van der Waals surface area contributed by atoms with Crippen LogP contribution in [0.4, 0.5) is 0 Å². The summed E-state index contributed by atoms with van der Waals surface area (Å²) in [5, 5.41) is 10.2. The maximum absolute atomic E-state index is 9.72. The monoisotopic (exact) mass is 415 g/mol. The van der Waals surface area contributed by atoms with Gasteiger partial charge in [0.05, 0.1) is 29.4 Å². The summed E-state index contributed by atoms with van der Waals surface area (Å²) in [5.74, 6) is 0.420. The van der Waals surface area contributed by atoms with Crippen LogP contribution in [0.15, 0.2) is 60.7 Å². The van der Waals surface area contributed by atoms with E-state index >= 15 is 0 Å². The van der Waals surface area contributed by atoms with Gasteiger partial charge in [-0.1, -0.05) is 66.2 Å². The Labute approximate surface area is 178 Å².